The minimum atomic E-state index is 0.696. The van der Waals surface area contributed by atoms with Gasteiger partial charge in [0.15, 0.2) is 0 Å². The molecule has 100 valence electrons. The summed E-state index contributed by atoms with van der Waals surface area (Å²) in [6, 6.07) is 15.5. The van der Waals surface area contributed by atoms with Crippen LogP contribution in [0.3, 0.4) is 0 Å². The van der Waals surface area contributed by atoms with Gasteiger partial charge in [0.25, 0.3) is 0 Å². The first-order valence-electron chi connectivity index (χ1n) is 6.11. The van der Waals surface area contributed by atoms with E-state index < -0.39 is 0 Å². The summed E-state index contributed by atoms with van der Waals surface area (Å²) in [6.45, 7) is 0.712. The lowest BCUT2D eigenvalue weighted by Crippen LogP contribution is -1.98. The van der Waals surface area contributed by atoms with Gasteiger partial charge in [-0.15, -0.1) is 11.8 Å². The molecule has 19 heavy (non-hydrogen) atoms. The van der Waals surface area contributed by atoms with Crippen LogP contribution in [0.4, 0.5) is 5.69 Å². The lowest BCUT2D eigenvalue weighted by atomic mass is 10.3. The Kier molecular flexibility index (Phi) is 5.43. The van der Waals surface area contributed by atoms with E-state index in [0.29, 0.717) is 17.3 Å². The number of hydrogen-bond acceptors (Lipinski definition) is 3. The number of anilines is 1. The summed E-state index contributed by atoms with van der Waals surface area (Å²) in [5.41, 5.74) is 6.35. The molecule has 0 heterocycles. The molecule has 0 aliphatic rings. The molecule has 2 aromatic carbocycles. The Balaban J connectivity index is 1.69. The van der Waals surface area contributed by atoms with Crippen molar-refractivity contribution < 1.29 is 4.74 Å². The second kappa shape index (κ2) is 7.31. The van der Waals surface area contributed by atoms with Gasteiger partial charge in [0.05, 0.1) is 11.6 Å². The summed E-state index contributed by atoms with van der Waals surface area (Å²) in [6.07, 6.45) is 0.972. The Morgan fingerprint density at radius 3 is 2.63 bits per heavy atom. The first-order chi connectivity index (χ1) is 9.25. The van der Waals surface area contributed by atoms with Gasteiger partial charge in [0.2, 0.25) is 0 Å². The van der Waals surface area contributed by atoms with Crippen molar-refractivity contribution in [3.05, 3.63) is 53.6 Å². The van der Waals surface area contributed by atoms with Gasteiger partial charge >= 0.3 is 0 Å². The van der Waals surface area contributed by atoms with E-state index in [0.717, 1.165) is 22.8 Å². The molecule has 0 bridgehead atoms. The summed E-state index contributed by atoms with van der Waals surface area (Å²) < 4.78 is 5.63. The van der Waals surface area contributed by atoms with Crippen LogP contribution in [0.25, 0.3) is 0 Å². The maximum atomic E-state index is 6.11. The van der Waals surface area contributed by atoms with Gasteiger partial charge in [-0.25, -0.2) is 0 Å². The topological polar surface area (TPSA) is 35.2 Å². The molecule has 2 N–H and O–H groups in total. The Bertz CT molecular complexity index is 519. The first kappa shape index (κ1) is 14.1. The second-order valence-electron chi connectivity index (χ2n) is 4.05. The molecule has 0 aliphatic heterocycles. The largest absolute Gasteiger partial charge is 0.494 e. The van der Waals surface area contributed by atoms with Crippen LogP contribution >= 0.6 is 23.4 Å². The number of ether oxygens (including phenoxy) is 1. The predicted octanol–water partition coefficient (Wildman–Crippen LogP) is 4.48. The van der Waals surface area contributed by atoms with Crippen LogP contribution in [0, 0.1) is 0 Å². The van der Waals surface area contributed by atoms with E-state index in [4.69, 9.17) is 22.1 Å². The third kappa shape index (κ3) is 4.69. The lowest BCUT2D eigenvalue weighted by molar-refractivity contribution is 0.319. The highest BCUT2D eigenvalue weighted by molar-refractivity contribution is 7.99. The van der Waals surface area contributed by atoms with Gasteiger partial charge in [-0.1, -0.05) is 29.8 Å². The van der Waals surface area contributed by atoms with E-state index in [-0.39, 0.29) is 0 Å². The van der Waals surface area contributed by atoms with Crippen LogP contribution in [-0.4, -0.2) is 12.4 Å². The number of hydrogen-bond donors (Lipinski definition) is 1. The molecule has 0 aromatic heterocycles. The van der Waals surface area contributed by atoms with Gasteiger partial charge in [-0.2, -0.15) is 0 Å². The third-order valence-corrected chi connectivity index (χ3v) is 4.10. The van der Waals surface area contributed by atoms with Crippen LogP contribution in [0.15, 0.2) is 53.4 Å². The van der Waals surface area contributed by atoms with Crippen LogP contribution < -0.4 is 10.5 Å². The van der Waals surface area contributed by atoms with Crippen LogP contribution in [0.1, 0.15) is 6.42 Å². The zero-order valence-electron chi connectivity index (χ0n) is 10.5. The average molecular weight is 294 g/mol. The van der Waals surface area contributed by atoms with Gasteiger partial charge in [0.1, 0.15) is 5.75 Å². The van der Waals surface area contributed by atoms with Crippen LogP contribution in [0.5, 0.6) is 5.75 Å². The molecule has 0 saturated carbocycles. The molecule has 0 atom stereocenters. The van der Waals surface area contributed by atoms with E-state index in [1.807, 2.05) is 42.5 Å². The van der Waals surface area contributed by atoms with Crippen molar-refractivity contribution in [1.82, 2.24) is 0 Å². The maximum absolute atomic E-state index is 6.11. The van der Waals surface area contributed by atoms with E-state index in [1.165, 1.54) is 0 Å². The van der Waals surface area contributed by atoms with Crippen molar-refractivity contribution in [3.63, 3.8) is 0 Å². The van der Waals surface area contributed by atoms with Gasteiger partial charge in [-0.05, 0) is 36.8 Å². The SMILES string of the molecule is Nc1ccc(SCCCOc2ccccc2)c(Cl)c1. The Labute approximate surface area is 122 Å². The molecular weight excluding hydrogens is 278 g/mol. The zero-order valence-corrected chi connectivity index (χ0v) is 12.1. The van der Waals surface area contributed by atoms with E-state index in [2.05, 4.69) is 0 Å². The number of nitrogen functional groups attached to an aromatic ring is 1. The van der Waals surface area contributed by atoms with Crippen molar-refractivity contribution in [3.8, 4) is 5.75 Å². The molecule has 0 fully saturated rings. The molecule has 2 aromatic rings. The normalized spacial score (nSPS) is 10.4. The minimum absolute atomic E-state index is 0.696. The molecule has 2 rings (SSSR count). The Hall–Kier alpha value is -1.32. The van der Waals surface area contributed by atoms with E-state index in [9.17, 15) is 0 Å². The molecule has 0 unspecified atom stereocenters. The van der Waals surface area contributed by atoms with Crippen molar-refractivity contribution in [2.24, 2.45) is 0 Å². The van der Waals surface area contributed by atoms with E-state index >= 15 is 0 Å². The molecular formula is C15H16ClNOS. The van der Waals surface area contributed by atoms with Crippen molar-refractivity contribution in [2.75, 3.05) is 18.1 Å². The Morgan fingerprint density at radius 2 is 1.89 bits per heavy atom. The molecule has 0 radical (unpaired) electrons. The summed E-state index contributed by atoms with van der Waals surface area (Å²) in [5.74, 6) is 1.88. The first-order valence-corrected chi connectivity index (χ1v) is 7.48. The number of rotatable bonds is 6. The minimum Gasteiger partial charge on any atom is -0.494 e. The highest BCUT2D eigenvalue weighted by Crippen LogP contribution is 2.29. The highest BCUT2D eigenvalue weighted by atomic mass is 35.5. The quantitative estimate of drug-likeness (QED) is 0.484. The highest BCUT2D eigenvalue weighted by Gasteiger charge is 2.01. The number of benzene rings is 2. The van der Waals surface area contributed by atoms with Gasteiger partial charge in [0, 0.05) is 16.3 Å². The molecule has 0 amide bonds. The van der Waals surface area contributed by atoms with Gasteiger partial charge < -0.3 is 10.5 Å². The summed E-state index contributed by atoms with van der Waals surface area (Å²) in [4.78, 5) is 1.07. The maximum Gasteiger partial charge on any atom is 0.119 e. The summed E-state index contributed by atoms with van der Waals surface area (Å²) >= 11 is 7.83. The molecule has 0 aliphatic carbocycles. The van der Waals surface area contributed by atoms with Crippen molar-refractivity contribution >= 4 is 29.1 Å². The number of thioether (sulfide) groups is 1. The Morgan fingerprint density at radius 1 is 1.11 bits per heavy atom. The lowest BCUT2D eigenvalue weighted by Gasteiger charge is -2.07. The summed E-state index contributed by atoms with van der Waals surface area (Å²) in [7, 11) is 0. The number of para-hydroxylation sites is 1. The fourth-order valence-electron chi connectivity index (χ4n) is 1.58. The summed E-state index contributed by atoms with van der Waals surface area (Å²) in [5, 5.41) is 0.717. The standard InChI is InChI=1S/C15H16ClNOS/c16-14-11-12(17)7-8-15(14)19-10-4-9-18-13-5-2-1-3-6-13/h1-3,5-8,11H,4,9-10,17H2. The van der Waals surface area contributed by atoms with Crippen LogP contribution in [-0.2, 0) is 0 Å². The van der Waals surface area contributed by atoms with Crippen molar-refractivity contribution in [2.45, 2.75) is 11.3 Å². The van der Waals surface area contributed by atoms with Gasteiger partial charge in [-0.3, -0.25) is 0 Å². The average Bonchev–Trinajstić information content (AvgIpc) is 2.42. The second-order valence-corrected chi connectivity index (χ2v) is 5.60. The number of nitrogens with two attached hydrogens (primary N) is 1. The fraction of sp³-hybridized carbons (Fsp3) is 0.200. The zero-order chi connectivity index (χ0) is 13.5. The monoisotopic (exact) mass is 293 g/mol. The fourth-order valence-corrected chi connectivity index (χ4v) is 2.78. The van der Waals surface area contributed by atoms with E-state index in [1.54, 1.807) is 17.8 Å². The van der Waals surface area contributed by atoms with Crippen LogP contribution in [0.2, 0.25) is 5.02 Å². The third-order valence-electron chi connectivity index (χ3n) is 2.51. The number of halogens is 1. The van der Waals surface area contributed by atoms with Crippen molar-refractivity contribution in [1.29, 1.82) is 0 Å². The predicted molar refractivity (Wildman–Crippen MR) is 83.1 cm³/mol. The molecule has 4 heteroatoms. The molecule has 0 spiro atoms. The molecule has 0 saturated heterocycles. The smallest absolute Gasteiger partial charge is 0.119 e. The molecule has 2 nitrogen and oxygen atoms in total.